The number of aryl methyl sites for hydroxylation is 1. The normalized spacial score (nSPS) is 21.0. The van der Waals surface area contributed by atoms with Gasteiger partial charge in [-0.2, -0.15) is 4.31 Å². The largest absolute Gasteiger partial charge is 0.303 e. The van der Waals surface area contributed by atoms with Crippen LogP contribution in [0.1, 0.15) is 42.9 Å². The van der Waals surface area contributed by atoms with Gasteiger partial charge in [-0.15, -0.1) is 0 Å². The first-order chi connectivity index (χ1) is 12.4. The van der Waals surface area contributed by atoms with Gasteiger partial charge in [0.25, 0.3) is 0 Å². The van der Waals surface area contributed by atoms with E-state index in [-0.39, 0.29) is 22.8 Å². The molecule has 1 saturated heterocycles. The first-order valence-electron chi connectivity index (χ1n) is 8.73. The number of hydrogen-bond donors (Lipinski definition) is 0. The van der Waals surface area contributed by atoms with Crippen molar-refractivity contribution < 1.29 is 17.6 Å². The molecule has 1 aliphatic rings. The number of halogens is 1. The average molecular weight is 375 g/mol. The fourth-order valence-corrected chi connectivity index (χ4v) is 5.47. The third-order valence-electron chi connectivity index (χ3n) is 4.91. The number of benzene rings is 2. The van der Waals surface area contributed by atoms with E-state index < -0.39 is 10.0 Å². The van der Waals surface area contributed by atoms with Gasteiger partial charge in [-0.25, -0.2) is 12.8 Å². The zero-order valence-corrected chi connectivity index (χ0v) is 15.5. The Morgan fingerprint density at radius 1 is 1.08 bits per heavy atom. The minimum atomic E-state index is -3.72. The first-order valence-corrected chi connectivity index (χ1v) is 10.2. The molecule has 2 aromatic rings. The number of rotatable bonds is 6. The van der Waals surface area contributed by atoms with Gasteiger partial charge < -0.3 is 4.79 Å². The van der Waals surface area contributed by atoms with Crippen LogP contribution < -0.4 is 0 Å². The van der Waals surface area contributed by atoms with Gasteiger partial charge in [-0.1, -0.05) is 29.8 Å². The molecule has 0 N–H and O–H groups in total. The summed E-state index contributed by atoms with van der Waals surface area (Å²) in [6.45, 7) is 1.90. The second-order valence-electron chi connectivity index (χ2n) is 6.69. The molecule has 138 valence electrons. The number of carbonyl (C=O) groups excluding carboxylic acids is 1. The molecule has 0 aromatic heterocycles. The quantitative estimate of drug-likeness (QED) is 0.717. The predicted molar refractivity (Wildman–Crippen MR) is 97.7 cm³/mol. The van der Waals surface area contributed by atoms with Crippen molar-refractivity contribution in [1.29, 1.82) is 0 Å². The summed E-state index contributed by atoms with van der Waals surface area (Å²) in [5.74, 6) is -0.350. The highest BCUT2D eigenvalue weighted by atomic mass is 32.2. The molecule has 2 aromatic carbocycles. The second kappa shape index (κ2) is 7.68. The van der Waals surface area contributed by atoms with E-state index in [1.807, 2.05) is 6.92 Å². The van der Waals surface area contributed by atoms with Gasteiger partial charge in [-0.3, -0.25) is 0 Å². The standard InChI is InChI=1S/C20H22FNO3S/c1-15-4-11-19(12-5-15)26(24,25)22-18(3-2-14-23)10-13-20(22)16-6-8-17(21)9-7-16/h4-9,11-12,14,18,20H,2-3,10,13H2,1H3. The topological polar surface area (TPSA) is 54.5 Å². The molecule has 1 heterocycles. The van der Waals surface area contributed by atoms with Crippen molar-refractivity contribution in [2.45, 2.75) is 49.6 Å². The molecule has 0 bridgehead atoms. The Bertz CT molecular complexity index is 863. The van der Waals surface area contributed by atoms with Crippen LogP contribution in [0.4, 0.5) is 4.39 Å². The summed E-state index contributed by atoms with van der Waals surface area (Å²) in [5.41, 5.74) is 1.76. The Morgan fingerprint density at radius 2 is 1.73 bits per heavy atom. The summed E-state index contributed by atoms with van der Waals surface area (Å²) < 4.78 is 41.5. The van der Waals surface area contributed by atoms with E-state index in [9.17, 15) is 17.6 Å². The fraction of sp³-hybridized carbons (Fsp3) is 0.350. The van der Waals surface area contributed by atoms with Crippen LogP contribution in [0, 0.1) is 12.7 Å². The summed E-state index contributed by atoms with van der Waals surface area (Å²) >= 11 is 0. The molecule has 0 saturated carbocycles. The number of nitrogens with zero attached hydrogens (tertiary/aromatic N) is 1. The maximum atomic E-state index is 13.3. The molecule has 6 heteroatoms. The zero-order chi connectivity index (χ0) is 18.7. The van der Waals surface area contributed by atoms with Crippen LogP contribution in [-0.4, -0.2) is 25.1 Å². The minimum Gasteiger partial charge on any atom is -0.303 e. The molecule has 0 amide bonds. The zero-order valence-electron chi connectivity index (χ0n) is 14.6. The maximum absolute atomic E-state index is 13.3. The summed E-state index contributed by atoms with van der Waals surface area (Å²) in [4.78, 5) is 11.0. The van der Waals surface area contributed by atoms with E-state index in [0.29, 0.717) is 25.7 Å². The Labute approximate surface area is 153 Å². The van der Waals surface area contributed by atoms with Crippen molar-refractivity contribution >= 4 is 16.3 Å². The lowest BCUT2D eigenvalue weighted by atomic mass is 10.1. The summed E-state index contributed by atoms with van der Waals surface area (Å²) in [6, 6.07) is 12.2. The lowest BCUT2D eigenvalue weighted by Gasteiger charge is -2.29. The van der Waals surface area contributed by atoms with Crippen molar-refractivity contribution in [2.24, 2.45) is 0 Å². The van der Waals surface area contributed by atoms with Gasteiger partial charge in [0, 0.05) is 12.5 Å². The molecular formula is C20H22FNO3S. The number of aldehydes is 1. The molecule has 2 atom stereocenters. The van der Waals surface area contributed by atoms with Crippen molar-refractivity contribution in [3.63, 3.8) is 0 Å². The van der Waals surface area contributed by atoms with Crippen molar-refractivity contribution in [1.82, 2.24) is 4.31 Å². The molecule has 1 aliphatic heterocycles. The van der Waals surface area contributed by atoms with Gasteiger partial charge in [-0.05, 0) is 56.0 Å². The van der Waals surface area contributed by atoms with E-state index >= 15 is 0 Å². The van der Waals surface area contributed by atoms with Gasteiger partial charge in [0.15, 0.2) is 0 Å². The highest BCUT2D eigenvalue weighted by molar-refractivity contribution is 7.89. The summed E-state index contributed by atoms with van der Waals surface area (Å²) in [5, 5.41) is 0. The minimum absolute atomic E-state index is 0.235. The van der Waals surface area contributed by atoms with E-state index in [1.54, 1.807) is 36.4 Å². The van der Waals surface area contributed by atoms with Gasteiger partial charge in [0.1, 0.15) is 12.1 Å². The second-order valence-corrected chi connectivity index (χ2v) is 8.53. The summed E-state index contributed by atoms with van der Waals surface area (Å²) in [7, 11) is -3.72. The predicted octanol–water partition coefficient (Wildman–Crippen LogP) is 4.01. The number of carbonyl (C=O) groups is 1. The lowest BCUT2D eigenvalue weighted by molar-refractivity contribution is -0.108. The Balaban J connectivity index is 2.01. The molecule has 3 rings (SSSR count). The molecule has 0 radical (unpaired) electrons. The third kappa shape index (κ3) is 3.71. The number of sulfonamides is 1. The van der Waals surface area contributed by atoms with Gasteiger partial charge >= 0.3 is 0 Å². The van der Waals surface area contributed by atoms with Crippen LogP contribution in [0.3, 0.4) is 0 Å². The smallest absolute Gasteiger partial charge is 0.243 e. The lowest BCUT2D eigenvalue weighted by Crippen LogP contribution is -2.37. The van der Waals surface area contributed by atoms with Crippen LogP contribution in [0.15, 0.2) is 53.4 Å². The SMILES string of the molecule is Cc1ccc(S(=O)(=O)N2C(CCC=O)CCC2c2ccc(F)cc2)cc1. The Kier molecular flexibility index (Phi) is 5.53. The van der Waals surface area contributed by atoms with Crippen LogP contribution in [0.2, 0.25) is 0 Å². The Hall–Kier alpha value is -2.05. The third-order valence-corrected chi connectivity index (χ3v) is 6.88. The van der Waals surface area contributed by atoms with Gasteiger partial charge in [0.2, 0.25) is 10.0 Å². The van der Waals surface area contributed by atoms with Crippen LogP contribution in [0.5, 0.6) is 0 Å². The van der Waals surface area contributed by atoms with E-state index in [1.165, 1.54) is 16.4 Å². The first kappa shape index (κ1) is 18.7. The number of hydrogen-bond acceptors (Lipinski definition) is 3. The van der Waals surface area contributed by atoms with Crippen molar-refractivity contribution in [3.05, 3.63) is 65.5 Å². The van der Waals surface area contributed by atoms with E-state index in [4.69, 9.17) is 0 Å². The molecule has 4 nitrogen and oxygen atoms in total. The monoisotopic (exact) mass is 375 g/mol. The van der Waals surface area contributed by atoms with E-state index in [2.05, 4.69) is 0 Å². The highest BCUT2D eigenvalue weighted by Crippen LogP contribution is 2.41. The summed E-state index contributed by atoms with van der Waals surface area (Å²) in [6.07, 6.45) is 2.97. The molecule has 26 heavy (non-hydrogen) atoms. The Morgan fingerprint density at radius 3 is 2.35 bits per heavy atom. The molecule has 0 aliphatic carbocycles. The van der Waals surface area contributed by atoms with Crippen LogP contribution >= 0.6 is 0 Å². The van der Waals surface area contributed by atoms with Crippen molar-refractivity contribution in [2.75, 3.05) is 0 Å². The maximum Gasteiger partial charge on any atom is 0.243 e. The molecule has 1 fully saturated rings. The fourth-order valence-electron chi connectivity index (χ4n) is 3.59. The van der Waals surface area contributed by atoms with Crippen molar-refractivity contribution in [3.8, 4) is 0 Å². The average Bonchev–Trinajstić information content (AvgIpc) is 3.05. The van der Waals surface area contributed by atoms with Crippen LogP contribution in [0.25, 0.3) is 0 Å². The van der Waals surface area contributed by atoms with E-state index in [0.717, 1.165) is 17.4 Å². The molecule has 2 unspecified atom stereocenters. The molecule has 0 spiro atoms. The van der Waals surface area contributed by atoms with Crippen LogP contribution in [-0.2, 0) is 14.8 Å². The molecular weight excluding hydrogens is 353 g/mol. The highest BCUT2D eigenvalue weighted by Gasteiger charge is 2.42. The van der Waals surface area contributed by atoms with Gasteiger partial charge in [0.05, 0.1) is 10.9 Å².